The molecule has 6 heteroatoms. The van der Waals surface area contributed by atoms with Crippen LogP contribution in [0.15, 0.2) is 17.2 Å². The van der Waals surface area contributed by atoms with Crippen molar-refractivity contribution in [3.05, 3.63) is 17.7 Å². The van der Waals surface area contributed by atoms with Crippen LogP contribution in [0, 0.1) is 11.3 Å². The van der Waals surface area contributed by atoms with Gasteiger partial charge in [-0.3, -0.25) is 4.79 Å². The molecule has 0 atom stereocenters. The normalized spacial score (nSPS) is 17.5. The molecule has 0 bridgehead atoms. The van der Waals surface area contributed by atoms with E-state index in [0.29, 0.717) is 34.1 Å². The van der Waals surface area contributed by atoms with Gasteiger partial charge >= 0.3 is 0 Å². The van der Waals surface area contributed by atoms with E-state index in [1.807, 2.05) is 0 Å². The maximum Gasteiger partial charge on any atom is 0.271 e. The number of benzene rings is 1. The van der Waals surface area contributed by atoms with Gasteiger partial charge in [0.05, 0.1) is 21.3 Å². The van der Waals surface area contributed by atoms with Crippen LogP contribution in [0.3, 0.4) is 0 Å². The van der Waals surface area contributed by atoms with Gasteiger partial charge in [0.1, 0.15) is 0 Å². The highest BCUT2D eigenvalue weighted by molar-refractivity contribution is 5.96. The van der Waals surface area contributed by atoms with E-state index < -0.39 is 0 Å². The number of hydrazone groups is 1. The SMILES string of the molecule is COc1cc(C(=O)NN=C2CCC(C(C)(C)C)CC2)cc(OC)c1OC. The molecule has 0 aliphatic heterocycles. The first-order chi connectivity index (χ1) is 12.3. The lowest BCUT2D eigenvalue weighted by Gasteiger charge is -2.34. The molecule has 0 spiro atoms. The Balaban J connectivity index is 2.07. The van der Waals surface area contributed by atoms with Crippen LogP contribution in [0.4, 0.5) is 0 Å². The minimum Gasteiger partial charge on any atom is -0.493 e. The van der Waals surface area contributed by atoms with Crippen molar-refractivity contribution in [1.29, 1.82) is 0 Å². The summed E-state index contributed by atoms with van der Waals surface area (Å²) in [6, 6.07) is 3.24. The van der Waals surface area contributed by atoms with Crippen molar-refractivity contribution < 1.29 is 19.0 Å². The van der Waals surface area contributed by atoms with Crippen molar-refractivity contribution >= 4 is 11.6 Å². The van der Waals surface area contributed by atoms with Gasteiger partial charge in [-0.05, 0) is 49.1 Å². The topological polar surface area (TPSA) is 69.2 Å². The van der Waals surface area contributed by atoms with E-state index in [2.05, 4.69) is 31.3 Å². The Morgan fingerprint density at radius 2 is 1.58 bits per heavy atom. The summed E-state index contributed by atoms with van der Waals surface area (Å²) < 4.78 is 15.8. The summed E-state index contributed by atoms with van der Waals surface area (Å²) in [6.45, 7) is 6.85. The van der Waals surface area contributed by atoms with Gasteiger partial charge in [0.25, 0.3) is 5.91 Å². The zero-order chi connectivity index (χ0) is 19.3. The lowest BCUT2D eigenvalue weighted by atomic mass is 9.72. The van der Waals surface area contributed by atoms with Gasteiger partial charge in [-0.15, -0.1) is 0 Å². The second-order valence-electron chi connectivity index (χ2n) is 7.67. The Kier molecular flexibility index (Phi) is 6.51. The van der Waals surface area contributed by atoms with Crippen LogP contribution in [0.25, 0.3) is 0 Å². The predicted molar refractivity (Wildman–Crippen MR) is 102 cm³/mol. The number of hydrogen-bond donors (Lipinski definition) is 1. The predicted octanol–water partition coefficient (Wildman–Crippen LogP) is 4.03. The van der Waals surface area contributed by atoms with E-state index >= 15 is 0 Å². The van der Waals surface area contributed by atoms with E-state index in [4.69, 9.17) is 14.2 Å². The Morgan fingerprint density at radius 1 is 1.04 bits per heavy atom. The summed E-state index contributed by atoms with van der Waals surface area (Å²) in [6.07, 6.45) is 4.08. The molecular formula is C20H30N2O4. The van der Waals surface area contributed by atoms with Crippen LogP contribution in [-0.4, -0.2) is 32.9 Å². The van der Waals surface area contributed by atoms with Crippen LogP contribution in [0.1, 0.15) is 56.8 Å². The Hall–Kier alpha value is -2.24. The van der Waals surface area contributed by atoms with E-state index in [1.54, 1.807) is 12.1 Å². The highest BCUT2D eigenvalue weighted by Crippen LogP contribution is 2.38. The zero-order valence-corrected chi connectivity index (χ0v) is 16.6. The number of methoxy groups -OCH3 is 3. The molecule has 1 aromatic rings. The summed E-state index contributed by atoms with van der Waals surface area (Å²) in [5.74, 6) is 1.74. The summed E-state index contributed by atoms with van der Waals surface area (Å²) in [5.41, 5.74) is 4.44. The number of hydrogen-bond acceptors (Lipinski definition) is 5. The van der Waals surface area contributed by atoms with E-state index in [1.165, 1.54) is 21.3 Å². The molecule has 26 heavy (non-hydrogen) atoms. The molecule has 0 saturated heterocycles. The van der Waals surface area contributed by atoms with Crippen molar-refractivity contribution in [2.45, 2.75) is 46.5 Å². The number of carbonyl (C=O) groups excluding carboxylic acids is 1. The van der Waals surface area contributed by atoms with Crippen LogP contribution in [-0.2, 0) is 0 Å². The molecule has 1 aromatic carbocycles. The highest BCUT2D eigenvalue weighted by atomic mass is 16.5. The zero-order valence-electron chi connectivity index (χ0n) is 16.6. The average Bonchev–Trinajstić information content (AvgIpc) is 2.64. The number of rotatable bonds is 5. The van der Waals surface area contributed by atoms with Crippen molar-refractivity contribution in [3.63, 3.8) is 0 Å². The second-order valence-corrected chi connectivity index (χ2v) is 7.67. The lowest BCUT2D eigenvalue weighted by molar-refractivity contribution is 0.0953. The first-order valence-electron chi connectivity index (χ1n) is 8.96. The third kappa shape index (κ3) is 4.68. The van der Waals surface area contributed by atoms with Gasteiger partial charge in [-0.2, -0.15) is 5.10 Å². The fourth-order valence-corrected chi connectivity index (χ4v) is 3.34. The van der Waals surface area contributed by atoms with Crippen LogP contribution in [0.2, 0.25) is 0 Å². The molecule has 2 rings (SSSR count). The molecule has 1 saturated carbocycles. The maximum atomic E-state index is 12.5. The van der Waals surface area contributed by atoms with Crippen LogP contribution < -0.4 is 19.6 Å². The van der Waals surface area contributed by atoms with Crippen LogP contribution in [0.5, 0.6) is 17.2 Å². The largest absolute Gasteiger partial charge is 0.493 e. The van der Waals surface area contributed by atoms with E-state index in [-0.39, 0.29) is 5.91 Å². The smallest absolute Gasteiger partial charge is 0.271 e. The monoisotopic (exact) mass is 362 g/mol. The number of ether oxygens (including phenoxy) is 3. The van der Waals surface area contributed by atoms with Gasteiger partial charge in [0.2, 0.25) is 5.75 Å². The fraction of sp³-hybridized carbons (Fsp3) is 0.600. The first-order valence-corrected chi connectivity index (χ1v) is 8.96. The van der Waals surface area contributed by atoms with E-state index in [9.17, 15) is 4.79 Å². The summed E-state index contributed by atoms with van der Waals surface area (Å²) in [7, 11) is 4.57. The molecule has 0 aromatic heterocycles. The molecule has 144 valence electrons. The summed E-state index contributed by atoms with van der Waals surface area (Å²) in [5, 5.41) is 4.33. The Bertz CT molecular complexity index is 642. The number of nitrogens with one attached hydrogen (secondary N) is 1. The molecule has 1 aliphatic rings. The fourth-order valence-electron chi connectivity index (χ4n) is 3.34. The molecule has 1 aliphatic carbocycles. The number of nitrogens with zero attached hydrogens (tertiary/aromatic N) is 1. The molecular weight excluding hydrogens is 332 g/mol. The van der Waals surface area contributed by atoms with Crippen molar-refractivity contribution in [2.75, 3.05) is 21.3 Å². The second kappa shape index (κ2) is 8.43. The Labute approximate surface area is 155 Å². The quantitative estimate of drug-likeness (QED) is 0.803. The molecule has 1 amide bonds. The van der Waals surface area contributed by atoms with Crippen molar-refractivity contribution in [1.82, 2.24) is 5.43 Å². The molecule has 1 fully saturated rings. The molecule has 6 nitrogen and oxygen atoms in total. The molecule has 0 heterocycles. The van der Waals surface area contributed by atoms with Gasteiger partial charge in [0.15, 0.2) is 11.5 Å². The van der Waals surface area contributed by atoms with Crippen molar-refractivity contribution in [3.8, 4) is 17.2 Å². The average molecular weight is 362 g/mol. The van der Waals surface area contributed by atoms with E-state index in [0.717, 1.165) is 31.4 Å². The number of amides is 1. The summed E-state index contributed by atoms with van der Waals surface area (Å²) in [4.78, 5) is 12.5. The minimum atomic E-state index is -0.297. The lowest BCUT2D eigenvalue weighted by Crippen LogP contribution is -2.27. The maximum absolute atomic E-state index is 12.5. The van der Waals surface area contributed by atoms with Gasteiger partial charge in [-0.25, -0.2) is 5.43 Å². The standard InChI is InChI=1S/C20H30N2O4/c1-20(2,3)14-7-9-15(10-8-14)21-22-19(23)13-11-16(24-4)18(26-6)17(12-13)25-5/h11-12,14H,7-10H2,1-6H3,(H,22,23). The Morgan fingerprint density at radius 3 is 2.00 bits per heavy atom. The molecule has 0 radical (unpaired) electrons. The van der Waals surface area contributed by atoms with Gasteiger partial charge in [-0.1, -0.05) is 20.8 Å². The minimum absolute atomic E-state index is 0.297. The third-order valence-corrected chi connectivity index (χ3v) is 5.03. The molecule has 0 unspecified atom stereocenters. The van der Waals surface area contributed by atoms with Crippen LogP contribution >= 0.6 is 0 Å². The van der Waals surface area contributed by atoms with Gasteiger partial charge < -0.3 is 14.2 Å². The van der Waals surface area contributed by atoms with Gasteiger partial charge in [0, 0.05) is 11.3 Å². The first kappa shape index (κ1) is 20.1. The molecule has 1 N–H and O–H groups in total. The number of carbonyl (C=O) groups is 1. The summed E-state index contributed by atoms with van der Waals surface area (Å²) >= 11 is 0. The van der Waals surface area contributed by atoms with Crippen molar-refractivity contribution in [2.24, 2.45) is 16.4 Å². The highest BCUT2D eigenvalue weighted by Gasteiger charge is 2.28. The third-order valence-electron chi connectivity index (χ3n) is 5.03.